The maximum atomic E-state index is 12.4. The highest BCUT2D eigenvalue weighted by Gasteiger charge is 2.35. The van der Waals surface area contributed by atoms with E-state index in [1.807, 2.05) is 6.92 Å². The Hall–Kier alpha value is -0.920. The third-order valence-corrected chi connectivity index (χ3v) is 5.04. The van der Waals surface area contributed by atoms with Crippen molar-refractivity contribution < 1.29 is 8.42 Å². The Bertz CT molecular complexity index is 485. The molecule has 0 saturated carbocycles. The molecule has 2 heterocycles. The molecule has 0 bridgehead atoms. The number of aryl methyl sites for hydroxylation is 2. The number of nitrogens with zero attached hydrogens (tertiary/aromatic N) is 3. The summed E-state index contributed by atoms with van der Waals surface area (Å²) in [6.45, 7) is 5.56. The Labute approximate surface area is 102 Å². The minimum absolute atomic E-state index is 0.0623. The van der Waals surface area contributed by atoms with Gasteiger partial charge in [0.15, 0.2) is 5.03 Å². The predicted octanol–water partition coefficient (Wildman–Crippen LogP) is -0.289. The number of hydrogen-bond donors (Lipinski definition) is 1. The van der Waals surface area contributed by atoms with Crippen LogP contribution in [-0.4, -0.2) is 48.0 Å². The molecular formula is C10H18N4O2S. The van der Waals surface area contributed by atoms with Crippen LogP contribution in [0.5, 0.6) is 0 Å². The molecule has 0 aliphatic carbocycles. The maximum absolute atomic E-state index is 12.4. The molecule has 1 fully saturated rings. The highest BCUT2D eigenvalue weighted by atomic mass is 32.2. The smallest absolute Gasteiger partial charge is 0.262 e. The third kappa shape index (κ3) is 2.10. The SMILES string of the molecule is CCN(C1CNC1)S(=O)(=O)c1cn(C)c(C)n1. The van der Waals surface area contributed by atoms with Crippen LogP contribution in [0.4, 0.5) is 0 Å². The van der Waals surface area contributed by atoms with Gasteiger partial charge in [0, 0.05) is 32.9 Å². The Morgan fingerprint density at radius 2 is 2.24 bits per heavy atom. The van der Waals surface area contributed by atoms with Crippen molar-refractivity contribution in [2.24, 2.45) is 7.05 Å². The van der Waals surface area contributed by atoms with Crippen LogP contribution in [-0.2, 0) is 17.1 Å². The van der Waals surface area contributed by atoms with Gasteiger partial charge < -0.3 is 9.88 Å². The van der Waals surface area contributed by atoms with Gasteiger partial charge >= 0.3 is 0 Å². The summed E-state index contributed by atoms with van der Waals surface area (Å²) in [6.07, 6.45) is 1.57. The minimum Gasteiger partial charge on any atom is -0.337 e. The number of nitrogens with one attached hydrogen (secondary N) is 1. The average Bonchev–Trinajstić information content (AvgIpc) is 2.53. The summed E-state index contributed by atoms with van der Waals surface area (Å²) in [5.74, 6) is 0.700. The van der Waals surface area contributed by atoms with Crippen LogP contribution in [0.2, 0.25) is 0 Å². The second-order valence-corrected chi connectivity index (χ2v) is 6.10. The quantitative estimate of drug-likeness (QED) is 0.806. The zero-order valence-corrected chi connectivity index (χ0v) is 11.2. The molecule has 0 radical (unpaired) electrons. The molecule has 1 aliphatic rings. The lowest BCUT2D eigenvalue weighted by Crippen LogP contribution is -2.58. The number of rotatable bonds is 4. The van der Waals surface area contributed by atoms with Crippen molar-refractivity contribution in [1.29, 1.82) is 0 Å². The van der Waals surface area contributed by atoms with Crippen LogP contribution >= 0.6 is 0 Å². The number of imidazole rings is 1. The van der Waals surface area contributed by atoms with Gasteiger partial charge in [-0.2, -0.15) is 4.31 Å². The lowest BCUT2D eigenvalue weighted by atomic mass is 10.2. The molecule has 1 aliphatic heterocycles. The van der Waals surface area contributed by atoms with Gasteiger partial charge in [0.05, 0.1) is 6.04 Å². The summed E-state index contributed by atoms with van der Waals surface area (Å²) in [7, 11) is -1.66. The molecular weight excluding hydrogens is 240 g/mol. The first-order valence-corrected chi connectivity index (χ1v) is 7.13. The summed E-state index contributed by atoms with van der Waals surface area (Å²) in [5.41, 5.74) is 0. The van der Waals surface area contributed by atoms with Crippen LogP contribution < -0.4 is 5.32 Å². The minimum atomic E-state index is -3.45. The van der Waals surface area contributed by atoms with Crippen molar-refractivity contribution >= 4 is 10.0 Å². The van der Waals surface area contributed by atoms with E-state index >= 15 is 0 Å². The number of hydrogen-bond acceptors (Lipinski definition) is 4. The highest BCUT2D eigenvalue weighted by molar-refractivity contribution is 7.89. The lowest BCUT2D eigenvalue weighted by molar-refractivity contribution is 0.249. The summed E-state index contributed by atoms with van der Waals surface area (Å²) < 4.78 is 28.0. The van der Waals surface area contributed by atoms with E-state index in [1.54, 1.807) is 24.7 Å². The topological polar surface area (TPSA) is 67.2 Å². The Morgan fingerprint density at radius 3 is 2.59 bits per heavy atom. The first kappa shape index (κ1) is 12.5. The fourth-order valence-corrected chi connectivity index (χ4v) is 3.53. The van der Waals surface area contributed by atoms with Crippen molar-refractivity contribution in [2.45, 2.75) is 24.9 Å². The third-order valence-electron chi connectivity index (χ3n) is 3.14. The van der Waals surface area contributed by atoms with Gasteiger partial charge in [0.25, 0.3) is 10.0 Å². The van der Waals surface area contributed by atoms with Crippen LogP contribution in [0.15, 0.2) is 11.2 Å². The molecule has 0 spiro atoms. The van der Waals surface area contributed by atoms with E-state index in [9.17, 15) is 8.42 Å². The van der Waals surface area contributed by atoms with Gasteiger partial charge in [-0.1, -0.05) is 6.92 Å². The van der Waals surface area contributed by atoms with E-state index in [0.717, 1.165) is 13.1 Å². The summed E-state index contributed by atoms with van der Waals surface area (Å²) >= 11 is 0. The van der Waals surface area contributed by atoms with E-state index in [4.69, 9.17) is 0 Å². The van der Waals surface area contributed by atoms with Gasteiger partial charge in [0.1, 0.15) is 5.82 Å². The number of likely N-dealkylation sites (N-methyl/N-ethyl adjacent to an activating group) is 1. The zero-order valence-electron chi connectivity index (χ0n) is 10.3. The van der Waals surface area contributed by atoms with Crippen LogP contribution in [0.25, 0.3) is 0 Å². The lowest BCUT2D eigenvalue weighted by Gasteiger charge is -2.36. The van der Waals surface area contributed by atoms with E-state index in [1.165, 1.54) is 4.31 Å². The van der Waals surface area contributed by atoms with Crippen LogP contribution in [0.1, 0.15) is 12.7 Å². The Kier molecular flexibility index (Phi) is 3.24. The number of aromatic nitrogens is 2. The molecule has 7 heteroatoms. The molecule has 1 saturated heterocycles. The first-order valence-electron chi connectivity index (χ1n) is 5.69. The van der Waals surface area contributed by atoms with E-state index in [-0.39, 0.29) is 11.1 Å². The van der Waals surface area contributed by atoms with Gasteiger partial charge in [-0.25, -0.2) is 13.4 Å². The van der Waals surface area contributed by atoms with E-state index in [0.29, 0.717) is 12.4 Å². The monoisotopic (exact) mass is 258 g/mol. The van der Waals surface area contributed by atoms with Crippen LogP contribution in [0, 0.1) is 6.92 Å². The molecule has 6 nitrogen and oxygen atoms in total. The second-order valence-electron chi connectivity index (χ2n) is 4.26. The predicted molar refractivity (Wildman–Crippen MR) is 64.2 cm³/mol. The Morgan fingerprint density at radius 1 is 1.59 bits per heavy atom. The van der Waals surface area contributed by atoms with E-state index in [2.05, 4.69) is 10.3 Å². The van der Waals surface area contributed by atoms with E-state index < -0.39 is 10.0 Å². The Balaban J connectivity index is 2.33. The fourth-order valence-electron chi connectivity index (χ4n) is 1.87. The first-order chi connectivity index (χ1) is 7.96. The van der Waals surface area contributed by atoms with Gasteiger partial charge in [-0.15, -0.1) is 0 Å². The molecule has 1 aromatic heterocycles. The normalized spacial score (nSPS) is 17.4. The summed E-state index contributed by atoms with van der Waals surface area (Å²) in [5, 5.41) is 3.23. The molecule has 17 heavy (non-hydrogen) atoms. The zero-order chi connectivity index (χ0) is 12.6. The molecule has 0 amide bonds. The second kappa shape index (κ2) is 4.40. The average molecular weight is 258 g/mol. The van der Waals surface area contributed by atoms with Gasteiger partial charge in [-0.05, 0) is 6.92 Å². The van der Waals surface area contributed by atoms with Gasteiger partial charge in [-0.3, -0.25) is 0 Å². The fraction of sp³-hybridized carbons (Fsp3) is 0.700. The standard InChI is InChI=1S/C10H18N4O2S/c1-4-14(9-5-11-6-9)17(15,16)10-7-13(3)8(2)12-10/h7,9,11H,4-6H2,1-3H3. The molecule has 1 aromatic rings. The molecule has 0 aromatic carbocycles. The van der Waals surface area contributed by atoms with Crippen molar-refractivity contribution in [2.75, 3.05) is 19.6 Å². The highest BCUT2D eigenvalue weighted by Crippen LogP contribution is 2.18. The summed E-state index contributed by atoms with van der Waals surface area (Å²) in [4.78, 5) is 4.10. The van der Waals surface area contributed by atoms with Crippen molar-refractivity contribution in [1.82, 2.24) is 19.2 Å². The molecule has 96 valence electrons. The largest absolute Gasteiger partial charge is 0.337 e. The maximum Gasteiger partial charge on any atom is 0.262 e. The molecule has 1 N–H and O–H groups in total. The van der Waals surface area contributed by atoms with Gasteiger partial charge in [0.2, 0.25) is 0 Å². The van der Waals surface area contributed by atoms with Crippen LogP contribution in [0.3, 0.4) is 0 Å². The molecule has 0 unspecified atom stereocenters. The molecule has 2 rings (SSSR count). The van der Waals surface area contributed by atoms with Crippen molar-refractivity contribution in [3.63, 3.8) is 0 Å². The summed E-state index contributed by atoms with van der Waals surface area (Å²) in [6, 6.07) is 0.0623. The van der Waals surface area contributed by atoms with Crippen molar-refractivity contribution in [3.8, 4) is 0 Å². The number of sulfonamides is 1. The van der Waals surface area contributed by atoms with Crippen molar-refractivity contribution in [3.05, 3.63) is 12.0 Å². The molecule has 0 atom stereocenters.